The van der Waals surface area contributed by atoms with Crippen LogP contribution in [0.2, 0.25) is 0 Å². The van der Waals surface area contributed by atoms with E-state index in [-0.39, 0.29) is 18.1 Å². The molecule has 5 heteroatoms. The highest BCUT2D eigenvalue weighted by Gasteiger charge is 2.18. The fourth-order valence-corrected chi connectivity index (χ4v) is 3.82. The molecule has 1 atom stereocenters. The Bertz CT molecular complexity index is 531. The fraction of sp³-hybridized carbons (Fsp3) is 0.533. The van der Waals surface area contributed by atoms with Gasteiger partial charge in [0.2, 0.25) is 0 Å². The highest BCUT2D eigenvalue weighted by atomic mass is 32.2. The number of rotatable bonds is 8. The topological polar surface area (TPSA) is 71.4 Å². The third-order valence-electron chi connectivity index (χ3n) is 3.20. The predicted octanol–water partition coefficient (Wildman–Crippen LogP) is 2.91. The molecular formula is C15H22O4S. The molecular weight excluding hydrogens is 276 g/mol. The number of aliphatic carboxylic acids is 1. The molecule has 0 heterocycles. The number of carbonyl (C=O) groups is 1. The van der Waals surface area contributed by atoms with Gasteiger partial charge >= 0.3 is 5.97 Å². The molecule has 4 nitrogen and oxygen atoms in total. The zero-order valence-corrected chi connectivity index (χ0v) is 12.8. The van der Waals surface area contributed by atoms with Gasteiger partial charge in [-0.2, -0.15) is 0 Å². The zero-order chi connectivity index (χ0) is 15.2. The lowest BCUT2D eigenvalue weighted by molar-refractivity contribution is -0.136. The van der Waals surface area contributed by atoms with Crippen molar-refractivity contribution in [1.82, 2.24) is 0 Å². The van der Waals surface area contributed by atoms with Crippen molar-refractivity contribution < 1.29 is 18.3 Å². The van der Waals surface area contributed by atoms with E-state index >= 15 is 0 Å². The number of aryl methyl sites for hydroxylation is 1. The Hall–Kier alpha value is -1.36. The van der Waals surface area contributed by atoms with Crippen molar-refractivity contribution in [2.24, 2.45) is 5.92 Å². The van der Waals surface area contributed by atoms with E-state index in [1.54, 1.807) is 24.3 Å². The van der Waals surface area contributed by atoms with Crippen LogP contribution in [0.4, 0.5) is 0 Å². The van der Waals surface area contributed by atoms with Crippen LogP contribution < -0.4 is 0 Å². The Morgan fingerprint density at radius 1 is 1.25 bits per heavy atom. The Kier molecular flexibility index (Phi) is 6.20. The summed E-state index contributed by atoms with van der Waals surface area (Å²) in [5, 5.41) is 8.61. The first kappa shape index (κ1) is 16.7. The van der Waals surface area contributed by atoms with Gasteiger partial charge in [-0.15, -0.1) is 0 Å². The lowest BCUT2D eigenvalue weighted by atomic mass is 10.1. The molecule has 0 saturated heterocycles. The number of sulfone groups is 1. The third-order valence-corrected chi connectivity index (χ3v) is 5.19. The molecule has 0 saturated carbocycles. The van der Waals surface area contributed by atoms with E-state index in [9.17, 15) is 13.2 Å². The summed E-state index contributed by atoms with van der Waals surface area (Å²) in [5.41, 5.74) is 0.841. The second-order valence-corrected chi connectivity index (χ2v) is 7.25. The summed E-state index contributed by atoms with van der Waals surface area (Å²) in [7, 11) is -3.25. The fourth-order valence-electron chi connectivity index (χ4n) is 2.16. The normalized spacial score (nSPS) is 13.1. The largest absolute Gasteiger partial charge is 0.481 e. The average Bonchev–Trinajstić information content (AvgIpc) is 2.36. The number of hydrogen-bond acceptors (Lipinski definition) is 3. The molecule has 0 aliphatic heterocycles. The van der Waals surface area contributed by atoms with Crippen LogP contribution in [0.3, 0.4) is 0 Å². The van der Waals surface area contributed by atoms with E-state index in [0.717, 1.165) is 18.4 Å². The van der Waals surface area contributed by atoms with Gasteiger partial charge in [0.15, 0.2) is 9.84 Å². The third kappa shape index (κ3) is 5.33. The summed E-state index contributed by atoms with van der Waals surface area (Å²) in [6.45, 7) is 3.99. The summed E-state index contributed by atoms with van der Waals surface area (Å²) >= 11 is 0. The zero-order valence-electron chi connectivity index (χ0n) is 12.0. The molecule has 112 valence electrons. The average molecular weight is 298 g/mol. The van der Waals surface area contributed by atoms with Crippen LogP contribution in [0.15, 0.2) is 29.2 Å². The molecule has 1 aromatic rings. The van der Waals surface area contributed by atoms with Crippen molar-refractivity contribution in [2.75, 3.05) is 5.75 Å². The SMILES string of the molecule is CCCC(C)CS(=O)(=O)c1ccc(CCC(=O)O)cc1. The minimum atomic E-state index is -3.25. The monoisotopic (exact) mass is 298 g/mol. The summed E-state index contributed by atoms with van der Waals surface area (Å²) in [4.78, 5) is 10.8. The molecule has 0 bridgehead atoms. The maximum Gasteiger partial charge on any atom is 0.303 e. The van der Waals surface area contributed by atoms with Crippen molar-refractivity contribution in [1.29, 1.82) is 0 Å². The second kappa shape index (κ2) is 7.43. The highest BCUT2D eigenvalue weighted by Crippen LogP contribution is 2.18. The van der Waals surface area contributed by atoms with Gasteiger partial charge in [0.25, 0.3) is 0 Å². The minimum Gasteiger partial charge on any atom is -0.481 e. The Morgan fingerprint density at radius 2 is 1.85 bits per heavy atom. The molecule has 0 spiro atoms. The quantitative estimate of drug-likeness (QED) is 0.801. The van der Waals surface area contributed by atoms with Crippen molar-refractivity contribution >= 4 is 15.8 Å². The van der Waals surface area contributed by atoms with E-state index in [0.29, 0.717) is 11.3 Å². The summed E-state index contributed by atoms with van der Waals surface area (Å²) < 4.78 is 24.4. The van der Waals surface area contributed by atoms with Crippen LogP contribution in [0.25, 0.3) is 0 Å². The van der Waals surface area contributed by atoms with Gasteiger partial charge in [-0.25, -0.2) is 8.42 Å². The minimum absolute atomic E-state index is 0.0552. The van der Waals surface area contributed by atoms with Gasteiger partial charge < -0.3 is 5.11 Å². The van der Waals surface area contributed by atoms with Gasteiger partial charge in [0.05, 0.1) is 10.6 Å². The van der Waals surface area contributed by atoms with Gasteiger partial charge in [0.1, 0.15) is 0 Å². The summed E-state index contributed by atoms with van der Waals surface area (Å²) in [6.07, 6.45) is 2.35. The molecule has 0 aliphatic rings. The van der Waals surface area contributed by atoms with Crippen LogP contribution in [0.5, 0.6) is 0 Å². The highest BCUT2D eigenvalue weighted by molar-refractivity contribution is 7.91. The number of hydrogen-bond donors (Lipinski definition) is 1. The van der Waals surface area contributed by atoms with E-state index in [4.69, 9.17) is 5.11 Å². The molecule has 1 unspecified atom stereocenters. The van der Waals surface area contributed by atoms with Gasteiger partial charge in [-0.1, -0.05) is 32.4 Å². The Morgan fingerprint density at radius 3 is 2.35 bits per heavy atom. The van der Waals surface area contributed by atoms with Crippen LogP contribution in [0.1, 0.15) is 38.7 Å². The maximum atomic E-state index is 12.2. The maximum absolute atomic E-state index is 12.2. The smallest absolute Gasteiger partial charge is 0.303 e. The van der Waals surface area contributed by atoms with E-state index in [2.05, 4.69) is 0 Å². The first-order valence-corrected chi connectivity index (χ1v) is 8.54. The van der Waals surface area contributed by atoms with Crippen molar-refractivity contribution in [3.63, 3.8) is 0 Å². The molecule has 20 heavy (non-hydrogen) atoms. The Labute approximate surface area is 120 Å². The first-order chi connectivity index (χ1) is 9.35. The molecule has 1 rings (SSSR count). The summed E-state index contributed by atoms with van der Waals surface area (Å²) in [6, 6.07) is 6.54. The predicted molar refractivity (Wildman–Crippen MR) is 78.5 cm³/mol. The molecule has 1 aromatic carbocycles. The van der Waals surface area contributed by atoms with Crippen molar-refractivity contribution in [2.45, 2.75) is 44.4 Å². The van der Waals surface area contributed by atoms with Gasteiger partial charge in [-0.05, 0) is 36.5 Å². The van der Waals surface area contributed by atoms with E-state index in [1.165, 1.54) is 0 Å². The standard InChI is InChI=1S/C15H22O4S/c1-3-4-12(2)11-20(18,19)14-8-5-13(6-9-14)7-10-15(16)17/h5-6,8-9,12H,3-4,7,10-11H2,1-2H3,(H,16,17). The van der Waals surface area contributed by atoms with Crippen LogP contribution in [0, 0.1) is 5.92 Å². The van der Waals surface area contributed by atoms with Gasteiger partial charge in [-0.3, -0.25) is 4.79 Å². The molecule has 0 aliphatic carbocycles. The lowest BCUT2D eigenvalue weighted by Gasteiger charge is -2.11. The molecule has 0 amide bonds. The van der Waals surface area contributed by atoms with Crippen LogP contribution >= 0.6 is 0 Å². The van der Waals surface area contributed by atoms with E-state index < -0.39 is 15.8 Å². The first-order valence-electron chi connectivity index (χ1n) is 6.88. The van der Waals surface area contributed by atoms with Crippen LogP contribution in [-0.2, 0) is 21.1 Å². The van der Waals surface area contributed by atoms with Crippen molar-refractivity contribution in [3.05, 3.63) is 29.8 Å². The van der Waals surface area contributed by atoms with Gasteiger partial charge in [0, 0.05) is 6.42 Å². The second-order valence-electron chi connectivity index (χ2n) is 5.21. The number of carboxylic acid groups (broad SMARTS) is 1. The van der Waals surface area contributed by atoms with Crippen LogP contribution in [-0.4, -0.2) is 25.2 Å². The molecule has 0 aromatic heterocycles. The van der Waals surface area contributed by atoms with Crippen molar-refractivity contribution in [3.8, 4) is 0 Å². The Balaban J connectivity index is 2.74. The molecule has 0 radical (unpaired) electrons. The van der Waals surface area contributed by atoms with E-state index in [1.807, 2.05) is 13.8 Å². The molecule has 1 N–H and O–H groups in total. The summed E-state index contributed by atoms with van der Waals surface area (Å²) in [5.74, 6) is -0.540. The number of carboxylic acids is 1. The number of benzene rings is 1. The lowest BCUT2D eigenvalue weighted by Crippen LogP contribution is -2.14. The molecule has 0 fully saturated rings.